The van der Waals surface area contributed by atoms with Crippen LogP contribution in [-0.4, -0.2) is 33.7 Å². The van der Waals surface area contributed by atoms with Crippen molar-refractivity contribution in [1.82, 2.24) is 5.32 Å². The Balaban J connectivity index is 2.00. The van der Waals surface area contributed by atoms with Crippen molar-refractivity contribution in [2.45, 2.75) is 65.2 Å². The van der Waals surface area contributed by atoms with Crippen LogP contribution in [0.5, 0.6) is 0 Å². The smallest absolute Gasteiger partial charge is 0.232 e. The predicted octanol–water partition coefficient (Wildman–Crippen LogP) is 3.97. The third-order valence-corrected chi connectivity index (χ3v) is 6.44. The number of aryl methyl sites for hydroxylation is 2. The number of para-hydroxylation sites is 1. The highest BCUT2D eigenvalue weighted by atomic mass is 32.2. The Morgan fingerprint density at radius 3 is 2.36 bits per heavy atom. The zero-order chi connectivity index (χ0) is 20.6. The molecule has 1 amide bonds. The Morgan fingerprint density at radius 1 is 1.14 bits per heavy atom. The number of sulfonamides is 1. The molecule has 5 nitrogen and oxygen atoms in total. The van der Waals surface area contributed by atoms with Crippen molar-refractivity contribution in [2.75, 3.05) is 23.7 Å². The van der Waals surface area contributed by atoms with E-state index in [1.54, 1.807) is 0 Å². The molecule has 0 aliphatic heterocycles. The zero-order valence-electron chi connectivity index (χ0n) is 17.5. The number of nitrogens with zero attached hydrogens (tertiary/aromatic N) is 1. The van der Waals surface area contributed by atoms with Gasteiger partial charge in [0.1, 0.15) is 0 Å². The number of carbonyl (C=O) groups excluding carboxylic acids is 1. The minimum atomic E-state index is -3.42. The van der Waals surface area contributed by atoms with Crippen molar-refractivity contribution in [3.8, 4) is 0 Å². The van der Waals surface area contributed by atoms with E-state index in [-0.39, 0.29) is 5.91 Å². The Morgan fingerprint density at radius 2 is 1.82 bits per heavy atom. The van der Waals surface area contributed by atoms with Gasteiger partial charge < -0.3 is 5.32 Å². The molecule has 0 bridgehead atoms. The molecule has 0 radical (unpaired) electrons. The second-order valence-corrected chi connectivity index (χ2v) is 9.36. The summed E-state index contributed by atoms with van der Waals surface area (Å²) < 4.78 is 26.5. The van der Waals surface area contributed by atoms with Crippen molar-refractivity contribution < 1.29 is 13.2 Å². The number of rotatable bonds is 10. The molecule has 0 aromatic heterocycles. The summed E-state index contributed by atoms with van der Waals surface area (Å²) in [5.41, 5.74) is 4.15. The number of carbonyl (C=O) groups is 1. The van der Waals surface area contributed by atoms with Crippen LogP contribution < -0.4 is 9.62 Å². The second kappa shape index (κ2) is 10.6. The first kappa shape index (κ1) is 22.5. The fourth-order valence-electron chi connectivity index (χ4n) is 3.73. The molecule has 0 spiro atoms. The fourth-order valence-corrected chi connectivity index (χ4v) is 4.75. The van der Waals surface area contributed by atoms with Gasteiger partial charge in [-0.25, -0.2) is 8.42 Å². The van der Waals surface area contributed by atoms with E-state index in [9.17, 15) is 13.2 Å². The molecule has 1 aliphatic rings. The quantitative estimate of drug-likeness (QED) is 0.598. The van der Waals surface area contributed by atoms with Gasteiger partial charge in [0.15, 0.2) is 0 Å². The van der Waals surface area contributed by atoms with E-state index in [4.69, 9.17) is 0 Å². The summed E-state index contributed by atoms with van der Waals surface area (Å²) in [5.74, 6) is -0.0144. The summed E-state index contributed by atoms with van der Waals surface area (Å²) in [7, 11) is -3.42. The highest BCUT2D eigenvalue weighted by molar-refractivity contribution is 7.92. The molecule has 1 aromatic carbocycles. The van der Waals surface area contributed by atoms with E-state index in [1.165, 1.54) is 29.0 Å². The normalized spacial score (nSPS) is 14.5. The molecule has 0 heterocycles. The third kappa shape index (κ3) is 6.36. The molecule has 0 saturated carbocycles. The first-order chi connectivity index (χ1) is 13.4. The first-order valence-electron chi connectivity index (χ1n) is 10.4. The highest BCUT2D eigenvalue weighted by Crippen LogP contribution is 2.29. The Hall–Kier alpha value is -1.82. The van der Waals surface area contributed by atoms with E-state index < -0.39 is 10.0 Å². The van der Waals surface area contributed by atoms with Crippen LogP contribution in [0.1, 0.15) is 63.5 Å². The maximum absolute atomic E-state index is 12.5. The molecular weight excluding hydrogens is 372 g/mol. The maximum Gasteiger partial charge on any atom is 0.232 e. The predicted molar refractivity (Wildman–Crippen MR) is 116 cm³/mol. The molecule has 1 aliphatic carbocycles. The van der Waals surface area contributed by atoms with E-state index in [0.29, 0.717) is 25.9 Å². The SMILES string of the molecule is CCc1cccc(CC)c1N(CCCC(=O)NCC1=CCCCC1)S(C)(=O)=O. The van der Waals surface area contributed by atoms with Gasteiger partial charge in [0.25, 0.3) is 0 Å². The molecule has 28 heavy (non-hydrogen) atoms. The van der Waals surface area contributed by atoms with E-state index >= 15 is 0 Å². The zero-order valence-corrected chi connectivity index (χ0v) is 18.3. The van der Waals surface area contributed by atoms with Gasteiger partial charge in [0.05, 0.1) is 11.9 Å². The molecular formula is C22H34N2O3S. The van der Waals surface area contributed by atoms with Crippen molar-refractivity contribution in [1.29, 1.82) is 0 Å². The molecule has 0 atom stereocenters. The molecule has 2 rings (SSSR count). The van der Waals surface area contributed by atoms with Gasteiger partial charge >= 0.3 is 0 Å². The summed E-state index contributed by atoms with van der Waals surface area (Å²) in [6.45, 7) is 5.00. The maximum atomic E-state index is 12.5. The highest BCUT2D eigenvalue weighted by Gasteiger charge is 2.22. The van der Waals surface area contributed by atoms with Gasteiger partial charge in [-0.05, 0) is 56.1 Å². The molecule has 0 fully saturated rings. The second-order valence-electron chi connectivity index (χ2n) is 7.46. The lowest BCUT2D eigenvalue weighted by Crippen LogP contribution is -2.34. The molecule has 0 unspecified atom stereocenters. The average Bonchev–Trinajstić information content (AvgIpc) is 2.69. The molecule has 6 heteroatoms. The minimum Gasteiger partial charge on any atom is -0.352 e. The number of amides is 1. The van der Waals surface area contributed by atoms with Crippen LogP contribution in [0.2, 0.25) is 0 Å². The lowest BCUT2D eigenvalue weighted by molar-refractivity contribution is -0.120. The van der Waals surface area contributed by atoms with Gasteiger partial charge in [-0.2, -0.15) is 0 Å². The lowest BCUT2D eigenvalue weighted by Gasteiger charge is -2.27. The number of hydrogen-bond acceptors (Lipinski definition) is 3. The van der Waals surface area contributed by atoms with Crippen molar-refractivity contribution in [3.05, 3.63) is 41.0 Å². The summed E-state index contributed by atoms with van der Waals surface area (Å²) in [6.07, 6.45) is 10.4. The van der Waals surface area contributed by atoms with E-state index in [0.717, 1.165) is 42.5 Å². The first-order valence-corrected chi connectivity index (χ1v) is 12.2. The van der Waals surface area contributed by atoms with Crippen LogP contribution in [-0.2, 0) is 27.7 Å². The number of allylic oxidation sites excluding steroid dienone is 1. The average molecular weight is 407 g/mol. The molecule has 0 saturated heterocycles. The van der Waals surface area contributed by atoms with Crippen molar-refractivity contribution in [3.63, 3.8) is 0 Å². The number of hydrogen-bond donors (Lipinski definition) is 1. The number of benzene rings is 1. The van der Waals surface area contributed by atoms with E-state index in [2.05, 4.69) is 11.4 Å². The van der Waals surface area contributed by atoms with Crippen LogP contribution in [0.25, 0.3) is 0 Å². The third-order valence-electron chi connectivity index (χ3n) is 5.28. The van der Waals surface area contributed by atoms with Gasteiger partial charge in [-0.1, -0.05) is 43.7 Å². The standard InChI is InChI=1S/C22H34N2O3S/c1-4-19-13-9-14-20(5-2)22(19)24(28(3,26)27)16-10-15-21(25)23-17-18-11-7-6-8-12-18/h9,11,13-14H,4-8,10,12,15-17H2,1-3H3,(H,23,25). The topological polar surface area (TPSA) is 66.5 Å². The van der Waals surface area contributed by atoms with Crippen LogP contribution in [0.3, 0.4) is 0 Å². The van der Waals surface area contributed by atoms with Gasteiger partial charge in [-0.15, -0.1) is 0 Å². The largest absolute Gasteiger partial charge is 0.352 e. The Labute approximate surface area is 170 Å². The fraction of sp³-hybridized carbons (Fsp3) is 0.591. The van der Waals surface area contributed by atoms with Crippen molar-refractivity contribution >= 4 is 21.6 Å². The number of nitrogens with one attached hydrogen (secondary N) is 1. The van der Waals surface area contributed by atoms with Crippen LogP contribution in [0, 0.1) is 0 Å². The molecule has 1 aromatic rings. The van der Waals surface area contributed by atoms with Gasteiger partial charge in [0.2, 0.25) is 15.9 Å². The van der Waals surface area contributed by atoms with Crippen LogP contribution >= 0.6 is 0 Å². The number of anilines is 1. The van der Waals surface area contributed by atoms with Gasteiger partial charge in [0, 0.05) is 19.5 Å². The van der Waals surface area contributed by atoms with Crippen LogP contribution in [0.15, 0.2) is 29.8 Å². The van der Waals surface area contributed by atoms with E-state index in [1.807, 2.05) is 32.0 Å². The lowest BCUT2D eigenvalue weighted by atomic mass is 10.00. The summed E-state index contributed by atoms with van der Waals surface area (Å²) in [6, 6.07) is 5.95. The summed E-state index contributed by atoms with van der Waals surface area (Å²) in [5, 5.41) is 2.97. The van der Waals surface area contributed by atoms with Crippen LogP contribution in [0.4, 0.5) is 5.69 Å². The minimum absolute atomic E-state index is 0.0144. The monoisotopic (exact) mass is 406 g/mol. The Kier molecular flexibility index (Phi) is 8.55. The summed E-state index contributed by atoms with van der Waals surface area (Å²) in [4.78, 5) is 12.2. The molecule has 1 N–H and O–H groups in total. The molecule has 156 valence electrons. The van der Waals surface area contributed by atoms with Gasteiger partial charge in [-0.3, -0.25) is 9.10 Å². The van der Waals surface area contributed by atoms with Crippen molar-refractivity contribution in [2.24, 2.45) is 0 Å². The summed E-state index contributed by atoms with van der Waals surface area (Å²) >= 11 is 0. The Bertz CT molecular complexity index is 778.